The van der Waals surface area contributed by atoms with Crippen molar-refractivity contribution in [2.24, 2.45) is 0 Å². The van der Waals surface area contributed by atoms with Crippen LogP contribution >= 0.6 is 0 Å². The van der Waals surface area contributed by atoms with E-state index >= 15 is 0 Å². The summed E-state index contributed by atoms with van der Waals surface area (Å²) in [6, 6.07) is 8.15. The van der Waals surface area contributed by atoms with E-state index in [4.69, 9.17) is 0 Å². The van der Waals surface area contributed by atoms with Crippen molar-refractivity contribution in [2.45, 2.75) is 32.2 Å². The second kappa shape index (κ2) is 7.29. The predicted octanol–water partition coefficient (Wildman–Crippen LogP) is 2.01. The first-order chi connectivity index (χ1) is 9.70. The van der Waals surface area contributed by atoms with E-state index in [1.54, 1.807) is 0 Å². The Morgan fingerprint density at radius 1 is 1.40 bits per heavy atom. The molecule has 0 spiro atoms. The minimum absolute atomic E-state index is 0.0291. The summed E-state index contributed by atoms with van der Waals surface area (Å²) in [7, 11) is 2.09. The van der Waals surface area contributed by atoms with Gasteiger partial charge < -0.3 is 15.5 Å². The van der Waals surface area contributed by atoms with Crippen LogP contribution in [0, 0.1) is 0 Å². The van der Waals surface area contributed by atoms with Crippen LogP contribution < -0.4 is 15.5 Å². The zero-order valence-electron chi connectivity index (χ0n) is 12.5. The van der Waals surface area contributed by atoms with Crippen molar-refractivity contribution < 1.29 is 4.79 Å². The molecule has 0 saturated carbocycles. The summed E-state index contributed by atoms with van der Waals surface area (Å²) in [5, 5.41) is 6.31. The molecule has 0 aromatic heterocycles. The highest BCUT2D eigenvalue weighted by Gasteiger charge is 2.17. The molecule has 1 aromatic rings. The summed E-state index contributed by atoms with van der Waals surface area (Å²) in [4.78, 5) is 14.3. The molecule has 1 heterocycles. The normalized spacial score (nSPS) is 18.0. The molecule has 2 N–H and O–H groups in total. The van der Waals surface area contributed by atoms with Gasteiger partial charge >= 0.3 is 0 Å². The topological polar surface area (TPSA) is 44.4 Å². The van der Waals surface area contributed by atoms with Gasteiger partial charge in [0.2, 0.25) is 0 Å². The summed E-state index contributed by atoms with van der Waals surface area (Å²) in [5.74, 6) is 0.0291. The van der Waals surface area contributed by atoms with Crippen LogP contribution in [0.25, 0.3) is 0 Å². The van der Waals surface area contributed by atoms with Gasteiger partial charge in [-0.2, -0.15) is 0 Å². The van der Waals surface area contributed by atoms with E-state index in [9.17, 15) is 4.79 Å². The van der Waals surface area contributed by atoms with E-state index in [-0.39, 0.29) is 11.9 Å². The maximum Gasteiger partial charge on any atom is 0.251 e. The lowest BCUT2D eigenvalue weighted by Crippen LogP contribution is -2.36. The van der Waals surface area contributed by atoms with Crippen LogP contribution in [0.15, 0.2) is 24.3 Å². The van der Waals surface area contributed by atoms with Gasteiger partial charge in [-0.1, -0.05) is 13.3 Å². The number of carbonyl (C=O) groups excluding carboxylic acids is 1. The molecule has 1 aromatic carbocycles. The molecule has 1 fully saturated rings. The van der Waals surface area contributed by atoms with Crippen molar-refractivity contribution >= 4 is 11.6 Å². The fourth-order valence-electron chi connectivity index (χ4n) is 2.44. The van der Waals surface area contributed by atoms with Gasteiger partial charge in [0.1, 0.15) is 0 Å². The third-order valence-electron chi connectivity index (χ3n) is 3.81. The smallest absolute Gasteiger partial charge is 0.251 e. The van der Waals surface area contributed by atoms with Crippen LogP contribution in [-0.2, 0) is 0 Å². The lowest BCUT2D eigenvalue weighted by Gasteiger charge is -2.19. The number of benzene rings is 1. The Balaban J connectivity index is 1.91. The number of amides is 1. The van der Waals surface area contributed by atoms with Crippen LogP contribution in [-0.4, -0.2) is 38.6 Å². The molecule has 1 amide bonds. The van der Waals surface area contributed by atoms with Gasteiger partial charge in [0.25, 0.3) is 5.91 Å². The standard InChI is InChI=1S/C16H25N3O/c1-3-4-11-19(2)15-7-5-13(6-8-15)16(20)18-14-9-10-17-12-14/h5-8,14,17H,3-4,9-12H2,1-2H3,(H,18,20). The zero-order valence-corrected chi connectivity index (χ0v) is 12.5. The van der Waals surface area contributed by atoms with E-state index < -0.39 is 0 Å². The maximum atomic E-state index is 12.1. The lowest BCUT2D eigenvalue weighted by molar-refractivity contribution is 0.0940. The highest BCUT2D eigenvalue weighted by molar-refractivity contribution is 5.94. The average Bonchev–Trinajstić information content (AvgIpc) is 2.97. The van der Waals surface area contributed by atoms with E-state index in [2.05, 4.69) is 29.5 Å². The Morgan fingerprint density at radius 3 is 2.75 bits per heavy atom. The number of hydrogen-bond donors (Lipinski definition) is 2. The summed E-state index contributed by atoms with van der Waals surface area (Å²) in [6.45, 7) is 5.12. The van der Waals surface area contributed by atoms with Gasteiger partial charge in [0.15, 0.2) is 0 Å². The average molecular weight is 275 g/mol. The fourth-order valence-corrected chi connectivity index (χ4v) is 2.44. The number of anilines is 1. The molecule has 110 valence electrons. The zero-order chi connectivity index (χ0) is 14.4. The maximum absolute atomic E-state index is 12.1. The highest BCUT2D eigenvalue weighted by Crippen LogP contribution is 2.14. The molecular weight excluding hydrogens is 250 g/mol. The number of unbranched alkanes of at least 4 members (excludes halogenated alkanes) is 1. The molecule has 1 aliphatic heterocycles. The Labute approximate surface area is 121 Å². The largest absolute Gasteiger partial charge is 0.375 e. The molecule has 1 aliphatic rings. The highest BCUT2D eigenvalue weighted by atomic mass is 16.1. The second-order valence-corrected chi connectivity index (χ2v) is 5.49. The van der Waals surface area contributed by atoms with Crippen molar-refractivity contribution in [3.05, 3.63) is 29.8 Å². The summed E-state index contributed by atoms with van der Waals surface area (Å²) in [6.07, 6.45) is 3.40. The van der Waals surface area contributed by atoms with Gasteiger partial charge in [0, 0.05) is 37.4 Å². The Bertz CT molecular complexity index is 424. The van der Waals surface area contributed by atoms with Crippen molar-refractivity contribution in [1.29, 1.82) is 0 Å². The molecule has 1 atom stereocenters. The number of carbonyl (C=O) groups is 1. The van der Waals surface area contributed by atoms with Crippen LogP contribution in [0.5, 0.6) is 0 Å². The quantitative estimate of drug-likeness (QED) is 0.835. The minimum atomic E-state index is 0.0291. The molecule has 20 heavy (non-hydrogen) atoms. The first kappa shape index (κ1) is 14.9. The van der Waals surface area contributed by atoms with Crippen LogP contribution in [0.1, 0.15) is 36.5 Å². The number of hydrogen-bond acceptors (Lipinski definition) is 3. The van der Waals surface area contributed by atoms with E-state index in [0.29, 0.717) is 0 Å². The van der Waals surface area contributed by atoms with Crippen LogP contribution in [0.3, 0.4) is 0 Å². The third kappa shape index (κ3) is 3.97. The first-order valence-corrected chi connectivity index (χ1v) is 7.53. The van der Waals surface area contributed by atoms with Gasteiger partial charge in [-0.3, -0.25) is 4.79 Å². The number of rotatable bonds is 6. The molecule has 1 unspecified atom stereocenters. The molecule has 4 nitrogen and oxygen atoms in total. The number of nitrogens with one attached hydrogen (secondary N) is 2. The van der Waals surface area contributed by atoms with Crippen LogP contribution in [0.4, 0.5) is 5.69 Å². The SMILES string of the molecule is CCCCN(C)c1ccc(C(=O)NC2CCNC2)cc1. The van der Waals surface area contributed by atoms with Gasteiger partial charge in [-0.15, -0.1) is 0 Å². The fraction of sp³-hybridized carbons (Fsp3) is 0.562. The monoisotopic (exact) mass is 275 g/mol. The first-order valence-electron chi connectivity index (χ1n) is 7.53. The molecule has 0 radical (unpaired) electrons. The molecule has 0 aliphatic carbocycles. The Kier molecular flexibility index (Phi) is 5.41. The molecule has 1 saturated heterocycles. The molecule has 2 rings (SSSR count). The molecule has 0 bridgehead atoms. The second-order valence-electron chi connectivity index (χ2n) is 5.49. The van der Waals surface area contributed by atoms with Gasteiger partial charge in [-0.05, 0) is 43.7 Å². The third-order valence-corrected chi connectivity index (χ3v) is 3.81. The summed E-state index contributed by atoms with van der Waals surface area (Å²) >= 11 is 0. The Hall–Kier alpha value is -1.55. The van der Waals surface area contributed by atoms with Crippen molar-refractivity contribution in [3.63, 3.8) is 0 Å². The lowest BCUT2D eigenvalue weighted by atomic mass is 10.1. The van der Waals surface area contributed by atoms with Crippen molar-refractivity contribution in [1.82, 2.24) is 10.6 Å². The minimum Gasteiger partial charge on any atom is -0.375 e. The van der Waals surface area contributed by atoms with E-state index in [0.717, 1.165) is 37.3 Å². The van der Waals surface area contributed by atoms with E-state index in [1.807, 2.05) is 24.3 Å². The summed E-state index contributed by atoms with van der Waals surface area (Å²) < 4.78 is 0. The predicted molar refractivity (Wildman–Crippen MR) is 83.4 cm³/mol. The van der Waals surface area contributed by atoms with Crippen molar-refractivity contribution in [3.8, 4) is 0 Å². The van der Waals surface area contributed by atoms with Crippen LogP contribution in [0.2, 0.25) is 0 Å². The van der Waals surface area contributed by atoms with E-state index in [1.165, 1.54) is 12.8 Å². The summed E-state index contributed by atoms with van der Waals surface area (Å²) in [5.41, 5.74) is 1.90. The Morgan fingerprint density at radius 2 is 2.15 bits per heavy atom. The number of nitrogens with zero attached hydrogens (tertiary/aromatic N) is 1. The van der Waals surface area contributed by atoms with Gasteiger partial charge in [-0.25, -0.2) is 0 Å². The van der Waals surface area contributed by atoms with Gasteiger partial charge in [0.05, 0.1) is 0 Å². The molecule has 4 heteroatoms. The van der Waals surface area contributed by atoms with Crippen molar-refractivity contribution in [2.75, 3.05) is 31.6 Å². The molecular formula is C16H25N3O.